The minimum Gasteiger partial charge on any atom is -0.497 e. The van der Waals surface area contributed by atoms with Crippen LogP contribution in [-0.2, 0) is 16.3 Å². The van der Waals surface area contributed by atoms with Gasteiger partial charge in [0.1, 0.15) is 17.2 Å². The van der Waals surface area contributed by atoms with Crippen LogP contribution in [0.2, 0.25) is 0 Å². The summed E-state index contributed by atoms with van der Waals surface area (Å²) in [4.78, 5) is 19.4. The van der Waals surface area contributed by atoms with Gasteiger partial charge >= 0.3 is 6.09 Å². The number of aromatic nitrogens is 2. The minimum absolute atomic E-state index is 0.241. The molecule has 7 heteroatoms. The van der Waals surface area contributed by atoms with E-state index in [2.05, 4.69) is 21.9 Å². The molecule has 2 rings (SSSR count). The van der Waals surface area contributed by atoms with Gasteiger partial charge < -0.3 is 19.8 Å². The second-order valence-corrected chi connectivity index (χ2v) is 6.85. The lowest BCUT2D eigenvalue weighted by atomic mass is 10.1. The molecule has 0 aliphatic rings. The number of amides is 1. The van der Waals surface area contributed by atoms with Crippen molar-refractivity contribution >= 4 is 6.09 Å². The molecule has 7 nitrogen and oxygen atoms in total. The van der Waals surface area contributed by atoms with Gasteiger partial charge in [-0.25, -0.2) is 9.78 Å². The predicted octanol–water partition coefficient (Wildman–Crippen LogP) is 3.47. The fraction of sp³-hybridized carbons (Fsp3) is 0.368. The quantitative estimate of drug-likeness (QED) is 0.773. The number of alkyl carbamates (subject to hydrolysis) is 1. The zero-order valence-corrected chi connectivity index (χ0v) is 15.5. The molecule has 0 saturated carbocycles. The van der Waals surface area contributed by atoms with Crippen LogP contribution in [0, 0.1) is 0 Å². The normalized spacial score (nSPS) is 12.3. The van der Waals surface area contributed by atoms with Crippen molar-refractivity contribution in [3.8, 4) is 17.1 Å². The lowest BCUT2D eigenvalue weighted by Crippen LogP contribution is -2.41. The fourth-order valence-electron chi connectivity index (χ4n) is 2.27. The van der Waals surface area contributed by atoms with Gasteiger partial charge in [-0.2, -0.15) is 0 Å². The summed E-state index contributed by atoms with van der Waals surface area (Å²) in [5.41, 5.74) is 0.942. The summed E-state index contributed by atoms with van der Waals surface area (Å²) in [7, 11) is 1.60. The summed E-state index contributed by atoms with van der Waals surface area (Å²) < 4.78 is 10.3. The first-order chi connectivity index (χ1) is 12.2. The van der Waals surface area contributed by atoms with Crippen LogP contribution < -0.4 is 10.1 Å². The Labute approximate surface area is 153 Å². The Morgan fingerprint density at radius 3 is 2.50 bits per heavy atom. The SMILES string of the molecule is C=C([O])[C@H](Cc1cnc(-c2ccc(OC)cc2)[nH]1)NC(=O)OC(C)(C)C. The Morgan fingerprint density at radius 1 is 1.31 bits per heavy atom. The molecule has 0 fully saturated rings. The number of aromatic amines is 1. The summed E-state index contributed by atoms with van der Waals surface area (Å²) in [5.74, 6) is 1.01. The predicted molar refractivity (Wildman–Crippen MR) is 97.3 cm³/mol. The van der Waals surface area contributed by atoms with Gasteiger partial charge in [-0.15, -0.1) is 0 Å². The molecule has 0 unspecified atom stereocenters. The van der Waals surface area contributed by atoms with Crippen molar-refractivity contribution in [2.24, 2.45) is 0 Å². The Kier molecular flexibility index (Phi) is 5.92. The van der Waals surface area contributed by atoms with Crippen LogP contribution in [0.1, 0.15) is 26.5 Å². The highest BCUT2D eigenvalue weighted by molar-refractivity contribution is 5.68. The molecule has 0 spiro atoms. The van der Waals surface area contributed by atoms with E-state index in [1.54, 1.807) is 34.1 Å². The Balaban J connectivity index is 2.06. The highest BCUT2D eigenvalue weighted by atomic mass is 16.6. The molecule has 26 heavy (non-hydrogen) atoms. The van der Waals surface area contributed by atoms with E-state index in [1.165, 1.54) is 0 Å². The van der Waals surface area contributed by atoms with Crippen LogP contribution >= 0.6 is 0 Å². The molecule has 1 heterocycles. The van der Waals surface area contributed by atoms with Crippen LogP contribution in [-0.4, -0.2) is 34.8 Å². The third-order valence-corrected chi connectivity index (χ3v) is 3.50. The highest BCUT2D eigenvalue weighted by Crippen LogP contribution is 2.20. The standard InChI is InChI=1S/C19H24N3O4/c1-12(23)16(22-18(24)26-19(2,3)4)10-14-11-20-17(21-14)13-6-8-15(25-5)9-7-13/h6-9,11,16H,1,10H2,2-5H3,(H,20,21)(H,22,24)/t16-/m0/s1. The highest BCUT2D eigenvalue weighted by Gasteiger charge is 2.23. The molecule has 1 radical (unpaired) electrons. The third-order valence-electron chi connectivity index (χ3n) is 3.50. The lowest BCUT2D eigenvalue weighted by Gasteiger charge is -2.22. The van der Waals surface area contributed by atoms with Crippen molar-refractivity contribution in [3.05, 3.63) is 48.5 Å². The van der Waals surface area contributed by atoms with Crippen LogP contribution in [0.4, 0.5) is 4.79 Å². The molecule has 1 aromatic heterocycles. The molecular weight excluding hydrogens is 334 g/mol. The Bertz CT molecular complexity index is 760. The average Bonchev–Trinajstić information content (AvgIpc) is 3.01. The van der Waals surface area contributed by atoms with Crippen LogP contribution in [0.5, 0.6) is 5.75 Å². The number of carbonyl (C=O) groups excluding carboxylic acids is 1. The summed E-state index contributed by atoms with van der Waals surface area (Å²) >= 11 is 0. The van der Waals surface area contributed by atoms with Crippen molar-refractivity contribution in [2.45, 2.75) is 38.8 Å². The smallest absolute Gasteiger partial charge is 0.408 e. The van der Waals surface area contributed by atoms with Crippen molar-refractivity contribution < 1.29 is 19.4 Å². The van der Waals surface area contributed by atoms with Gasteiger partial charge in [0, 0.05) is 23.9 Å². The van der Waals surface area contributed by atoms with E-state index in [0.29, 0.717) is 11.5 Å². The summed E-state index contributed by atoms with van der Waals surface area (Å²) in [6, 6.07) is 6.64. The first-order valence-corrected chi connectivity index (χ1v) is 8.21. The molecule has 1 aromatic carbocycles. The van der Waals surface area contributed by atoms with Crippen molar-refractivity contribution in [1.82, 2.24) is 15.3 Å². The number of benzene rings is 1. The minimum atomic E-state index is -0.797. The molecule has 139 valence electrons. The monoisotopic (exact) mass is 358 g/mol. The number of imidazole rings is 1. The topological polar surface area (TPSA) is 96.1 Å². The van der Waals surface area contributed by atoms with Gasteiger partial charge in [0.25, 0.3) is 0 Å². The van der Waals surface area contributed by atoms with E-state index < -0.39 is 23.5 Å². The van der Waals surface area contributed by atoms with Gasteiger partial charge in [-0.05, 0) is 45.0 Å². The molecule has 2 aromatic rings. The van der Waals surface area contributed by atoms with Crippen LogP contribution in [0.15, 0.2) is 42.8 Å². The molecule has 1 atom stereocenters. The van der Waals surface area contributed by atoms with Gasteiger partial charge in [-0.3, -0.25) is 5.11 Å². The van der Waals surface area contributed by atoms with E-state index in [0.717, 1.165) is 11.3 Å². The second-order valence-electron chi connectivity index (χ2n) is 6.85. The molecule has 1 amide bonds. The molecule has 0 saturated heterocycles. The van der Waals surface area contributed by atoms with E-state index in [-0.39, 0.29) is 6.42 Å². The van der Waals surface area contributed by atoms with E-state index in [1.807, 2.05) is 24.3 Å². The van der Waals surface area contributed by atoms with E-state index in [9.17, 15) is 9.90 Å². The number of hydrogen-bond donors (Lipinski definition) is 2. The van der Waals surface area contributed by atoms with Crippen molar-refractivity contribution in [1.29, 1.82) is 0 Å². The molecular formula is C19H24N3O4. The van der Waals surface area contributed by atoms with Crippen LogP contribution in [0.25, 0.3) is 11.4 Å². The fourth-order valence-corrected chi connectivity index (χ4v) is 2.27. The van der Waals surface area contributed by atoms with Crippen molar-refractivity contribution in [2.75, 3.05) is 7.11 Å². The lowest BCUT2D eigenvalue weighted by molar-refractivity contribution is 0.0495. The summed E-state index contributed by atoms with van der Waals surface area (Å²) in [6.45, 7) is 8.67. The van der Waals surface area contributed by atoms with Gasteiger partial charge in [0.15, 0.2) is 5.76 Å². The zero-order valence-electron chi connectivity index (χ0n) is 15.5. The van der Waals surface area contributed by atoms with Crippen molar-refractivity contribution in [3.63, 3.8) is 0 Å². The van der Waals surface area contributed by atoms with Gasteiger partial charge in [0.05, 0.1) is 13.2 Å². The number of H-pyrrole nitrogens is 1. The zero-order chi connectivity index (χ0) is 19.3. The number of nitrogens with one attached hydrogen (secondary N) is 2. The summed E-state index contributed by atoms with van der Waals surface area (Å²) in [5, 5.41) is 14.3. The van der Waals surface area contributed by atoms with E-state index in [4.69, 9.17) is 9.47 Å². The van der Waals surface area contributed by atoms with Gasteiger partial charge in [-0.1, -0.05) is 6.58 Å². The number of rotatable bonds is 6. The largest absolute Gasteiger partial charge is 0.497 e. The number of carbonyl (C=O) groups is 1. The molecule has 0 aliphatic heterocycles. The van der Waals surface area contributed by atoms with Gasteiger partial charge in [0.2, 0.25) is 0 Å². The Morgan fingerprint density at radius 2 is 1.96 bits per heavy atom. The number of ether oxygens (including phenoxy) is 2. The third kappa shape index (κ3) is 5.54. The second kappa shape index (κ2) is 7.95. The first-order valence-electron chi connectivity index (χ1n) is 8.21. The maximum atomic E-state index is 11.9. The maximum Gasteiger partial charge on any atom is 0.408 e. The van der Waals surface area contributed by atoms with Crippen LogP contribution in [0.3, 0.4) is 0 Å². The average molecular weight is 358 g/mol. The molecule has 2 N–H and O–H groups in total. The number of methoxy groups -OCH3 is 1. The Hall–Kier alpha value is -2.96. The maximum absolute atomic E-state index is 11.9. The molecule has 0 aliphatic carbocycles. The summed E-state index contributed by atoms with van der Waals surface area (Å²) in [6.07, 6.45) is 1.21. The number of nitrogens with zero attached hydrogens (tertiary/aromatic N) is 1. The first kappa shape index (κ1) is 19.4. The molecule has 0 bridgehead atoms. The van der Waals surface area contributed by atoms with E-state index >= 15 is 0 Å². The number of hydrogen-bond acceptors (Lipinski definition) is 4.